The molecule has 2 nitrogen and oxygen atoms in total. The Morgan fingerprint density at radius 3 is 2.50 bits per heavy atom. The van der Waals surface area contributed by atoms with Crippen LogP contribution >= 0.6 is 0 Å². The molecule has 0 amide bonds. The number of nitrogens with two attached hydrogens (primary N) is 1. The van der Waals surface area contributed by atoms with Crippen molar-refractivity contribution in [2.45, 2.75) is 58.9 Å². The van der Waals surface area contributed by atoms with E-state index in [0.29, 0.717) is 12.0 Å². The molecule has 0 spiro atoms. The van der Waals surface area contributed by atoms with Crippen molar-refractivity contribution in [2.24, 2.45) is 5.73 Å². The second-order valence-electron chi connectivity index (χ2n) is 5.32. The standard InChI is InChI=1S/C16H27NO/c1-5-10-18-15-8-9-16(13(3)11-15)12(2)6-7-14(4)17/h8-9,11-12,14H,5-7,10,17H2,1-4H3. The molecule has 2 heteroatoms. The summed E-state index contributed by atoms with van der Waals surface area (Å²) >= 11 is 0. The Balaban J connectivity index is 2.66. The van der Waals surface area contributed by atoms with Crippen molar-refractivity contribution in [1.82, 2.24) is 0 Å². The summed E-state index contributed by atoms with van der Waals surface area (Å²) in [6.07, 6.45) is 3.27. The first-order chi connectivity index (χ1) is 8.54. The highest BCUT2D eigenvalue weighted by atomic mass is 16.5. The highest BCUT2D eigenvalue weighted by Gasteiger charge is 2.10. The highest BCUT2D eigenvalue weighted by molar-refractivity contribution is 5.36. The minimum absolute atomic E-state index is 0.292. The predicted octanol–water partition coefficient (Wildman–Crippen LogP) is 4.01. The molecule has 0 aliphatic heterocycles. The van der Waals surface area contributed by atoms with Gasteiger partial charge in [-0.25, -0.2) is 0 Å². The lowest BCUT2D eigenvalue weighted by molar-refractivity contribution is 0.317. The van der Waals surface area contributed by atoms with Gasteiger partial charge in [0, 0.05) is 6.04 Å². The minimum atomic E-state index is 0.292. The molecular weight excluding hydrogens is 222 g/mol. The Hall–Kier alpha value is -1.02. The maximum absolute atomic E-state index is 5.82. The summed E-state index contributed by atoms with van der Waals surface area (Å²) < 4.78 is 5.65. The fourth-order valence-corrected chi connectivity index (χ4v) is 2.18. The Morgan fingerprint density at radius 1 is 1.22 bits per heavy atom. The van der Waals surface area contributed by atoms with Crippen LogP contribution in [-0.4, -0.2) is 12.6 Å². The maximum Gasteiger partial charge on any atom is 0.119 e. The molecule has 0 saturated heterocycles. The molecule has 0 saturated carbocycles. The second-order valence-corrected chi connectivity index (χ2v) is 5.32. The van der Waals surface area contributed by atoms with Crippen molar-refractivity contribution in [3.05, 3.63) is 29.3 Å². The van der Waals surface area contributed by atoms with Gasteiger partial charge in [-0.3, -0.25) is 0 Å². The van der Waals surface area contributed by atoms with Gasteiger partial charge in [-0.1, -0.05) is 19.9 Å². The second kappa shape index (κ2) is 7.42. The van der Waals surface area contributed by atoms with Gasteiger partial charge < -0.3 is 10.5 Å². The number of hydrogen-bond donors (Lipinski definition) is 1. The smallest absolute Gasteiger partial charge is 0.119 e. The Morgan fingerprint density at radius 2 is 1.94 bits per heavy atom. The van der Waals surface area contributed by atoms with E-state index in [1.165, 1.54) is 11.1 Å². The lowest BCUT2D eigenvalue weighted by Gasteiger charge is -2.17. The van der Waals surface area contributed by atoms with Crippen molar-refractivity contribution in [2.75, 3.05) is 6.61 Å². The van der Waals surface area contributed by atoms with Gasteiger partial charge in [0.1, 0.15) is 5.75 Å². The molecule has 0 aliphatic carbocycles. The Bertz CT molecular complexity index is 360. The van der Waals surface area contributed by atoms with E-state index in [9.17, 15) is 0 Å². The van der Waals surface area contributed by atoms with Crippen LogP contribution in [0.1, 0.15) is 57.1 Å². The number of aryl methyl sites for hydroxylation is 1. The molecule has 0 heterocycles. The lowest BCUT2D eigenvalue weighted by Crippen LogP contribution is -2.15. The highest BCUT2D eigenvalue weighted by Crippen LogP contribution is 2.27. The fourth-order valence-electron chi connectivity index (χ4n) is 2.18. The summed E-state index contributed by atoms with van der Waals surface area (Å²) in [5.41, 5.74) is 8.55. The summed E-state index contributed by atoms with van der Waals surface area (Å²) in [6.45, 7) is 9.42. The fraction of sp³-hybridized carbons (Fsp3) is 0.625. The van der Waals surface area contributed by atoms with E-state index >= 15 is 0 Å². The van der Waals surface area contributed by atoms with E-state index in [1.54, 1.807) is 0 Å². The van der Waals surface area contributed by atoms with Crippen LogP contribution in [-0.2, 0) is 0 Å². The SMILES string of the molecule is CCCOc1ccc(C(C)CCC(C)N)c(C)c1. The summed E-state index contributed by atoms with van der Waals surface area (Å²) in [6, 6.07) is 6.72. The molecular formula is C16H27NO. The summed E-state index contributed by atoms with van der Waals surface area (Å²) in [7, 11) is 0. The van der Waals surface area contributed by atoms with E-state index in [-0.39, 0.29) is 0 Å². The zero-order chi connectivity index (χ0) is 13.5. The molecule has 18 heavy (non-hydrogen) atoms. The van der Waals surface area contributed by atoms with Crippen molar-refractivity contribution < 1.29 is 4.74 Å². The molecule has 1 aromatic rings. The van der Waals surface area contributed by atoms with E-state index in [0.717, 1.165) is 31.6 Å². The topological polar surface area (TPSA) is 35.2 Å². The number of rotatable bonds is 7. The number of ether oxygens (including phenoxy) is 1. The zero-order valence-electron chi connectivity index (χ0n) is 12.2. The number of hydrogen-bond acceptors (Lipinski definition) is 2. The third-order valence-corrected chi connectivity index (χ3v) is 3.30. The van der Waals surface area contributed by atoms with Crippen molar-refractivity contribution in [3.8, 4) is 5.75 Å². The van der Waals surface area contributed by atoms with Gasteiger partial charge in [-0.15, -0.1) is 0 Å². The largest absolute Gasteiger partial charge is 0.494 e. The monoisotopic (exact) mass is 249 g/mol. The summed E-state index contributed by atoms with van der Waals surface area (Å²) in [5.74, 6) is 1.55. The minimum Gasteiger partial charge on any atom is -0.494 e. The molecule has 1 aromatic carbocycles. The van der Waals surface area contributed by atoms with Crippen molar-refractivity contribution in [1.29, 1.82) is 0 Å². The van der Waals surface area contributed by atoms with Gasteiger partial charge >= 0.3 is 0 Å². The molecule has 1 rings (SSSR count). The van der Waals surface area contributed by atoms with Crippen LogP contribution in [0.5, 0.6) is 5.75 Å². The van der Waals surface area contributed by atoms with Crippen molar-refractivity contribution >= 4 is 0 Å². The lowest BCUT2D eigenvalue weighted by atomic mass is 9.91. The van der Waals surface area contributed by atoms with Gasteiger partial charge in [0.05, 0.1) is 6.61 Å². The molecule has 102 valence electrons. The van der Waals surface area contributed by atoms with Crippen LogP contribution in [0, 0.1) is 6.92 Å². The van der Waals surface area contributed by atoms with Crippen LogP contribution in [0.4, 0.5) is 0 Å². The Labute approximate surface area is 112 Å². The van der Waals surface area contributed by atoms with E-state index < -0.39 is 0 Å². The van der Waals surface area contributed by atoms with Crippen LogP contribution in [0.2, 0.25) is 0 Å². The van der Waals surface area contributed by atoms with Crippen LogP contribution in [0.15, 0.2) is 18.2 Å². The van der Waals surface area contributed by atoms with E-state index in [1.807, 2.05) is 0 Å². The first kappa shape index (κ1) is 15.0. The first-order valence-corrected chi connectivity index (χ1v) is 7.03. The molecule has 0 radical (unpaired) electrons. The van der Waals surface area contributed by atoms with Gasteiger partial charge in [0.25, 0.3) is 0 Å². The van der Waals surface area contributed by atoms with Crippen LogP contribution < -0.4 is 10.5 Å². The predicted molar refractivity (Wildman–Crippen MR) is 78.3 cm³/mol. The first-order valence-electron chi connectivity index (χ1n) is 7.03. The quantitative estimate of drug-likeness (QED) is 0.792. The van der Waals surface area contributed by atoms with E-state index in [2.05, 4.69) is 45.9 Å². The molecule has 2 unspecified atom stereocenters. The molecule has 2 N–H and O–H groups in total. The summed E-state index contributed by atoms with van der Waals surface area (Å²) in [5, 5.41) is 0. The van der Waals surface area contributed by atoms with Crippen molar-refractivity contribution in [3.63, 3.8) is 0 Å². The normalized spacial score (nSPS) is 14.3. The van der Waals surface area contributed by atoms with Gasteiger partial charge in [-0.2, -0.15) is 0 Å². The van der Waals surface area contributed by atoms with Gasteiger partial charge in [-0.05, 0) is 62.3 Å². The van der Waals surface area contributed by atoms with Crippen LogP contribution in [0.25, 0.3) is 0 Å². The number of benzene rings is 1. The van der Waals surface area contributed by atoms with Crippen LogP contribution in [0.3, 0.4) is 0 Å². The average Bonchev–Trinajstić information content (AvgIpc) is 2.33. The van der Waals surface area contributed by atoms with E-state index in [4.69, 9.17) is 10.5 Å². The van der Waals surface area contributed by atoms with Gasteiger partial charge in [0.15, 0.2) is 0 Å². The zero-order valence-corrected chi connectivity index (χ0v) is 12.2. The third-order valence-electron chi connectivity index (χ3n) is 3.30. The maximum atomic E-state index is 5.82. The molecule has 0 fully saturated rings. The average molecular weight is 249 g/mol. The molecule has 0 aromatic heterocycles. The third kappa shape index (κ3) is 4.69. The van der Waals surface area contributed by atoms with Gasteiger partial charge in [0.2, 0.25) is 0 Å². The summed E-state index contributed by atoms with van der Waals surface area (Å²) in [4.78, 5) is 0. The molecule has 0 aliphatic rings. The molecule has 2 atom stereocenters. The molecule has 0 bridgehead atoms. The Kier molecular flexibility index (Phi) is 6.20.